The highest BCUT2D eigenvalue weighted by Crippen LogP contribution is 2.17. The fourth-order valence-electron chi connectivity index (χ4n) is 1.77. The summed E-state index contributed by atoms with van der Waals surface area (Å²) < 4.78 is 5.21. The molecule has 0 radical (unpaired) electrons. The zero-order valence-corrected chi connectivity index (χ0v) is 11.5. The largest absolute Gasteiger partial charge is 0.496 e. The van der Waals surface area contributed by atoms with Crippen LogP contribution < -0.4 is 15.8 Å². The van der Waals surface area contributed by atoms with E-state index in [0.717, 1.165) is 11.3 Å². The minimum absolute atomic E-state index is 0.110. The second-order valence-corrected chi connectivity index (χ2v) is 4.39. The Labute approximate surface area is 117 Å². The summed E-state index contributed by atoms with van der Waals surface area (Å²) in [4.78, 5) is 22.0. The summed E-state index contributed by atoms with van der Waals surface area (Å²) in [7, 11) is 1.60. The number of carboxylic acid groups (broad SMARTS) is 1. The highest BCUT2D eigenvalue weighted by atomic mass is 16.5. The first-order valence-electron chi connectivity index (χ1n) is 6.41. The number of amides is 1. The minimum atomic E-state index is -0.956. The van der Waals surface area contributed by atoms with Gasteiger partial charge in [-0.25, -0.2) is 0 Å². The number of carboxylic acids is 1. The van der Waals surface area contributed by atoms with Crippen LogP contribution in [0.4, 0.5) is 0 Å². The van der Waals surface area contributed by atoms with E-state index in [4.69, 9.17) is 15.6 Å². The van der Waals surface area contributed by atoms with Crippen LogP contribution in [0.2, 0.25) is 0 Å². The maximum absolute atomic E-state index is 11.6. The van der Waals surface area contributed by atoms with Crippen molar-refractivity contribution in [3.8, 4) is 5.75 Å². The lowest BCUT2D eigenvalue weighted by Gasteiger charge is -2.12. The zero-order valence-electron chi connectivity index (χ0n) is 11.5. The third-order valence-electron chi connectivity index (χ3n) is 2.89. The van der Waals surface area contributed by atoms with Crippen molar-refractivity contribution in [2.75, 3.05) is 13.7 Å². The number of aliphatic carboxylic acids is 1. The number of hydrogen-bond donors (Lipinski definition) is 3. The van der Waals surface area contributed by atoms with Crippen LogP contribution in [0, 0.1) is 0 Å². The molecule has 0 aliphatic carbocycles. The van der Waals surface area contributed by atoms with Gasteiger partial charge < -0.3 is 20.9 Å². The molecule has 0 saturated heterocycles. The summed E-state index contributed by atoms with van der Waals surface area (Å²) >= 11 is 0. The molecular formula is C14H20N2O4. The Balaban J connectivity index is 2.36. The lowest BCUT2D eigenvalue weighted by atomic mass is 10.1. The quantitative estimate of drug-likeness (QED) is 0.645. The second kappa shape index (κ2) is 8.16. The lowest BCUT2D eigenvalue weighted by Crippen LogP contribution is -2.41. The number of hydrogen-bond acceptors (Lipinski definition) is 4. The van der Waals surface area contributed by atoms with Gasteiger partial charge in [0.1, 0.15) is 5.75 Å². The summed E-state index contributed by atoms with van der Waals surface area (Å²) in [6.07, 6.45) is 0.651. The summed E-state index contributed by atoms with van der Waals surface area (Å²) in [5.41, 5.74) is 6.60. The van der Waals surface area contributed by atoms with Gasteiger partial charge >= 0.3 is 5.97 Å². The van der Waals surface area contributed by atoms with Crippen molar-refractivity contribution in [2.24, 2.45) is 5.73 Å². The van der Waals surface area contributed by atoms with E-state index in [1.807, 2.05) is 24.3 Å². The van der Waals surface area contributed by atoms with E-state index in [0.29, 0.717) is 13.0 Å². The first kappa shape index (κ1) is 16.0. The molecule has 0 aromatic heterocycles. The number of carbonyl (C=O) groups excluding carboxylic acids is 1. The van der Waals surface area contributed by atoms with Gasteiger partial charge in [0.25, 0.3) is 0 Å². The molecule has 0 saturated carbocycles. The van der Waals surface area contributed by atoms with Gasteiger partial charge in [-0.3, -0.25) is 9.59 Å². The van der Waals surface area contributed by atoms with Crippen LogP contribution in [0.3, 0.4) is 0 Å². The average molecular weight is 280 g/mol. The molecule has 1 amide bonds. The van der Waals surface area contributed by atoms with Crippen molar-refractivity contribution < 1.29 is 19.4 Å². The first-order chi connectivity index (χ1) is 9.54. The summed E-state index contributed by atoms with van der Waals surface area (Å²) in [5.74, 6) is -0.514. The maximum Gasteiger partial charge on any atom is 0.303 e. The van der Waals surface area contributed by atoms with E-state index in [2.05, 4.69) is 5.32 Å². The number of ether oxygens (including phenoxy) is 1. The molecule has 1 atom stereocenters. The molecule has 0 aliphatic heterocycles. The van der Waals surface area contributed by atoms with Crippen molar-refractivity contribution in [3.05, 3.63) is 29.8 Å². The Bertz CT molecular complexity index is 462. The van der Waals surface area contributed by atoms with Gasteiger partial charge in [-0.1, -0.05) is 18.2 Å². The van der Waals surface area contributed by atoms with E-state index in [9.17, 15) is 9.59 Å². The molecule has 0 fully saturated rings. The summed E-state index contributed by atoms with van der Waals surface area (Å²) in [6.45, 7) is 0.431. The predicted molar refractivity (Wildman–Crippen MR) is 74.6 cm³/mol. The lowest BCUT2D eigenvalue weighted by molar-refractivity contribution is -0.137. The average Bonchev–Trinajstić information content (AvgIpc) is 2.45. The molecule has 0 spiro atoms. The van der Waals surface area contributed by atoms with Gasteiger partial charge in [0, 0.05) is 13.0 Å². The molecule has 4 N–H and O–H groups in total. The van der Waals surface area contributed by atoms with Gasteiger partial charge in [-0.05, 0) is 24.5 Å². The third-order valence-corrected chi connectivity index (χ3v) is 2.89. The van der Waals surface area contributed by atoms with Crippen LogP contribution >= 0.6 is 0 Å². The number of carbonyl (C=O) groups is 2. The summed E-state index contributed by atoms with van der Waals surface area (Å²) in [6, 6.07) is 6.77. The maximum atomic E-state index is 11.6. The fourth-order valence-corrected chi connectivity index (χ4v) is 1.77. The Morgan fingerprint density at radius 3 is 2.75 bits per heavy atom. The van der Waals surface area contributed by atoms with Gasteiger partial charge in [0.2, 0.25) is 5.91 Å². The number of benzene rings is 1. The van der Waals surface area contributed by atoms with Crippen molar-refractivity contribution in [1.82, 2.24) is 5.32 Å². The van der Waals surface area contributed by atoms with E-state index >= 15 is 0 Å². The van der Waals surface area contributed by atoms with Crippen LogP contribution in [0.25, 0.3) is 0 Å². The summed E-state index contributed by atoms with van der Waals surface area (Å²) in [5, 5.41) is 11.2. The fraction of sp³-hybridized carbons (Fsp3) is 0.429. The molecule has 6 nitrogen and oxygen atoms in total. The van der Waals surface area contributed by atoms with Crippen molar-refractivity contribution in [2.45, 2.75) is 25.3 Å². The highest BCUT2D eigenvalue weighted by Gasteiger charge is 2.14. The van der Waals surface area contributed by atoms with Gasteiger partial charge in [-0.2, -0.15) is 0 Å². The number of nitrogens with one attached hydrogen (secondary N) is 1. The van der Waals surface area contributed by atoms with Crippen molar-refractivity contribution in [3.63, 3.8) is 0 Å². The van der Waals surface area contributed by atoms with Crippen LogP contribution in [0.5, 0.6) is 5.75 Å². The Morgan fingerprint density at radius 2 is 2.10 bits per heavy atom. The molecule has 0 aliphatic rings. The van der Waals surface area contributed by atoms with Crippen LogP contribution in [0.1, 0.15) is 18.4 Å². The molecule has 0 heterocycles. The second-order valence-electron chi connectivity index (χ2n) is 4.39. The molecule has 20 heavy (non-hydrogen) atoms. The monoisotopic (exact) mass is 280 g/mol. The normalized spacial score (nSPS) is 11.7. The topological polar surface area (TPSA) is 102 Å². The van der Waals surface area contributed by atoms with E-state index < -0.39 is 12.0 Å². The molecule has 110 valence electrons. The van der Waals surface area contributed by atoms with Gasteiger partial charge in [-0.15, -0.1) is 0 Å². The molecule has 1 unspecified atom stereocenters. The highest BCUT2D eigenvalue weighted by molar-refractivity contribution is 5.82. The first-order valence-corrected chi connectivity index (χ1v) is 6.41. The molecule has 1 aromatic rings. The SMILES string of the molecule is COc1ccccc1CCNC(=O)C(N)CCC(=O)O. The number of rotatable bonds is 8. The predicted octanol–water partition coefficient (Wildman–Crippen LogP) is 0.546. The molecule has 0 bridgehead atoms. The minimum Gasteiger partial charge on any atom is -0.496 e. The van der Waals surface area contributed by atoms with Crippen molar-refractivity contribution >= 4 is 11.9 Å². The van der Waals surface area contributed by atoms with Crippen LogP contribution in [0.15, 0.2) is 24.3 Å². The number of nitrogens with two attached hydrogens (primary N) is 1. The number of methoxy groups -OCH3 is 1. The standard InChI is InChI=1S/C14H20N2O4/c1-20-12-5-3-2-4-10(12)8-9-16-14(19)11(15)6-7-13(17)18/h2-5,11H,6-9,15H2,1H3,(H,16,19)(H,17,18). The molecular weight excluding hydrogens is 260 g/mol. The number of para-hydroxylation sites is 1. The van der Waals surface area contributed by atoms with Crippen LogP contribution in [-0.2, 0) is 16.0 Å². The van der Waals surface area contributed by atoms with Crippen LogP contribution in [-0.4, -0.2) is 36.7 Å². The Hall–Kier alpha value is -2.08. The smallest absolute Gasteiger partial charge is 0.303 e. The Kier molecular flexibility index (Phi) is 6.52. The molecule has 1 rings (SSSR count). The Morgan fingerprint density at radius 1 is 1.40 bits per heavy atom. The van der Waals surface area contributed by atoms with Gasteiger partial charge in [0.05, 0.1) is 13.2 Å². The molecule has 6 heteroatoms. The van der Waals surface area contributed by atoms with Crippen molar-refractivity contribution in [1.29, 1.82) is 0 Å². The molecule has 1 aromatic carbocycles. The van der Waals surface area contributed by atoms with Gasteiger partial charge in [0.15, 0.2) is 0 Å². The zero-order chi connectivity index (χ0) is 15.0. The van der Waals surface area contributed by atoms with E-state index in [1.165, 1.54) is 0 Å². The van der Waals surface area contributed by atoms with E-state index in [-0.39, 0.29) is 18.7 Å². The van der Waals surface area contributed by atoms with E-state index in [1.54, 1.807) is 7.11 Å². The third kappa shape index (κ3) is 5.27.